The molecular formula is C28H19ClO. The van der Waals surface area contributed by atoms with Crippen molar-refractivity contribution in [2.45, 2.75) is 6.42 Å². The molecule has 30 heavy (non-hydrogen) atoms. The van der Waals surface area contributed by atoms with Gasteiger partial charge in [-0.2, -0.15) is 0 Å². The molecule has 0 spiro atoms. The molecule has 0 aromatic heterocycles. The molecule has 0 unspecified atom stereocenters. The summed E-state index contributed by atoms with van der Waals surface area (Å²) in [6, 6.07) is 34.8. The molecule has 0 saturated heterocycles. The van der Waals surface area contributed by atoms with E-state index in [-0.39, 0.29) is 5.78 Å². The molecular weight excluding hydrogens is 388 g/mol. The van der Waals surface area contributed by atoms with Crippen molar-refractivity contribution in [2.75, 3.05) is 0 Å². The number of halogens is 1. The molecule has 0 bridgehead atoms. The number of hydrogen-bond donors (Lipinski definition) is 0. The molecule has 0 atom stereocenters. The Morgan fingerprint density at radius 3 is 1.67 bits per heavy atom. The van der Waals surface area contributed by atoms with E-state index in [2.05, 4.69) is 60.7 Å². The summed E-state index contributed by atoms with van der Waals surface area (Å²) in [5.74, 6) is 0.0439. The summed E-state index contributed by atoms with van der Waals surface area (Å²) in [4.78, 5) is 12.2. The normalized spacial score (nSPS) is 12.1. The second kappa shape index (κ2) is 7.78. The van der Waals surface area contributed by atoms with E-state index in [1.807, 2.05) is 36.4 Å². The predicted octanol–water partition coefficient (Wildman–Crippen LogP) is 7.47. The summed E-state index contributed by atoms with van der Waals surface area (Å²) < 4.78 is 0. The van der Waals surface area contributed by atoms with Crippen LogP contribution in [-0.4, -0.2) is 5.78 Å². The largest absolute Gasteiger partial charge is 0.289 e. The number of carbonyl (C=O) groups is 1. The Labute approximate surface area is 180 Å². The van der Waals surface area contributed by atoms with Gasteiger partial charge in [-0.3, -0.25) is 4.79 Å². The molecule has 144 valence electrons. The van der Waals surface area contributed by atoms with Gasteiger partial charge in [-0.05, 0) is 57.3 Å². The molecule has 0 radical (unpaired) electrons. The maximum absolute atomic E-state index is 12.2. The fourth-order valence-corrected chi connectivity index (χ4v) is 4.37. The first-order valence-corrected chi connectivity index (χ1v) is 10.4. The second-order valence-corrected chi connectivity index (χ2v) is 7.89. The molecule has 0 heterocycles. The highest BCUT2D eigenvalue weighted by Gasteiger charge is 2.24. The first kappa shape index (κ1) is 18.6. The van der Waals surface area contributed by atoms with Gasteiger partial charge in [0.15, 0.2) is 5.78 Å². The van der Waals surface area contributed by atoms with E-state index < -0.39 is 0 Å². The third-order valence-corrected chi connectivity index (χ3v) is 5.90. The zero-order chi connectivity index (χ0) is 20.5. The van der Waals surface area contributed by atoms with E-state index in [0.29, 0.717) is 10.6 Å². The molecule has 1 aliphatic carbocycles. The van der Waals surface area contributed by atoms with Crippen molar-refractivity contribution in [2.24, 2.45) is 0 Å². The zero-order valence-electron chi connectivity index (χ0n) is 16.3. The van der Waals surface area contributed by atoms with Crippen molar-refractivity contribution in [1.29, 1.82) is 0 Å². The Morgan fingerprint density at radius 2 is 1.07 bits per heavy atom. The number of fused-ring (bicyclic) bond motifs is 4. The fraction of sp³-hybridized carbons (Fsp3) is 0.0357. The third kappa shape index (κ3) is 3.38. The first-order chi connectivity index (χ1) is 14.7. The van der Waals surface area contributed by atoms with Crippen LogP contribution in [0.2, 0.25) is 5.02 Å². The summed E-state index contributed by atoms with van der Waals surface area (Å²) in [7, 11) is 0. The van der Waals surface area contributed by atoms with Crippen LogP contribution < -0.4 is 0 Å². The lowest BCUT2D eigenvalue weighted by Gasteiger charge is -2.18. The monoisotopic (exact) mass is 406 g/mol. The van der Waals surface area contributed by atoms with Gasteiger partial charge in [0.2, 0.25) is 0 Å². The smallest absolute Gasteiger partial charge is 0.195 e. The van der Waals surface area contributed by atoms with Gasteiger partial charge < -0.3 is 0 Å². The Morgan fingerprint density at radius 1 is 0.567 bits per heavy atom. The average Bonchev–Trinajstić information content (AvgIpc) is 2.78. The van der Waals surface area contributed by atoms with Crippen molar-refractivity contribution in [3.05, 3.63) is 130 Å². The number of rotatable bonds is 0. The number of ketones is 1. The first-order valence-electron chi connectivity index (χ1n) is 9.98. The molecule has 0 fully saturated rings. The van der Waals surface area contributed by atoms with Gasteiger partial charge >= 0.3 is 0 Å². The molecule has 5 aromatic carbocycles. The van der Waals surface area contributed by atoms with Gasteiger partial charge in [0.05, 0.1) is 5.02 Å². The van der Waals surface area contributed by atoms with Crippen molar-refractivity contribution in [3.8, 4) is 0 Å². The average molecular weight is 407 g/mol. The summed E-state index contributed by atoms with van der Waals surface area (Å²) >= 11 is 6.08. The molecule has 0 saturated carbocycles. The van der Waals surface area contributed by atoms with E-state index in [1.165, 1.54) is 21.5 Å². The van der Waals surface area contributed by atoms with Crippen molar-refractivity contribution in [1.82, 2.24) is 0 Å². The Bertz CT molecular complexity index is 1300. The third-order valence-electron chi connectivity index (χ3n) is 5.58. The van der Waals surface area contributed by atoms with E-state index >= 15 is 0 Å². The SMILES string of the molecule is O=C1c2ccccc2Cc2cccc(Cl)c21.c1ccc2cc3ccccc3cc2c1. The van der Waals surface area contributed by atoms with Gasteiger partial charge in [0.1, 0.15) is 0 Å². The number of hydrogen-bond acceptors (Lipinski definition) is 1. The summed E-state index contributed by atoms with van der Waals surface area (Å²) in [6.07, 6.45) is 0.789. The van der Waals surface area contributed by atoms with Crippen LogP contribution in [0.4, 0.5) is 0 Å². The van der Waals surface area contributed by atoms with Gasteiger partial charge in [-0.1, -0.05) is 96.5 Å². The number of carbonyl (C=O) groups excluding carboxylic acids is 1. The minimum Gasteiger partial charge on any atom is -0.289 e. The van der Waals surface area contributed by atoms with Gasteiger partial charge in [-0.15, -0.1) is 0 Å². The van der Waals surface area contributed by atoms with Crippen molar-refractivity contribution >= 4 is 38.9 Å². The predicted molar refractivity (Wildman–Crippen MR) is 126 cm³/mol. The van der Waals surface area contributed by atoms with Crippen LogP contribution in [0.25, 0.3) is 21.5 Å². The van der Waals surface area contributed by atoms with Crippen LogP contribution in [0.15, 0.2) is 103 Å². The highest BCUT2D eigenvalue weighted by atomic mass is 35.5. The van der Waals surface area contributed by atoms with Gasteiger partial charge in [0, 0.05) is 11.1 Å². The zero-order valence-corrected chi connectivity index (χ0v) is 17.1. The van der Waals surface area contributed by atoms with Crippen LogP contribution in [0.1, 0.15) is 27.0 Å². The van der Waals surface area contributed by atoms with Crippen LogP contribution in [-0.2, 0) is 6.42 Å². The molecule has 1 nitrogen and oxygen atoms in total. The minimum atomic E-state index is 0.0439. The van der Waals surface area contributed by atoms with Crippen LogP contribution in [0.3, 0.4) is 0 Å². The molecule has 6 rings (SSSR count). The Kier molecular flexibility index (Phi) is 4.82. The second-order valence-electron chi connectivity index (χ2n) is 7.48. The number of benzene rings is 5. The lowest BCUT2D eigenvalue weighted by molar-refractivity contribution is 0.103. The summed E-state index contributed by atoms with van der Waals surface area (Å²) in [5, 5.41) is 5.80. The summed E-state index contributed by atoms with van der Waals surface area (Å²) in [6.45, 7) is 0. The maximum Gasteiger partial charge on any atom is 0.195 e. The van der Waals surface area contributed by atoms with Crippen LogP contribution in [0.5, 0.6) is 0 Å². The summed E-state index contributed by atoms with van der Waals surface area (Å²) in [5.41, 5.74) is 3.56. The lowest BCUT2D eigenvalue weighted by atomic mass is 9.85. The molecule has 0 aliphatic heterocycles. The van der Waals surface area contributed by atoms with E-state index in [1.54, 1.807) is 6.07 Å². The quantitative estimate of drug-likeness (QED) is 0.239. The Balaban J connectivity index is 0.000000130. The van der Waals surface area contributed by atoms with Crippen LogP contribution in [0, 0.1) is 0 Å². The van der Waals surface area contributed by atoms with E-state index in [0.717, 1.165) is 23.1 Å². The van der Waals surface area contributed by atoms with Crippen LogP contribution >= 0.6 is 11.6 Å². The lowest BCUT2D eigenvalue weighted by Crippen LogP contribution is -2.15. The molecule has 1 aliphatic rings. The van der Waals surface area contributed by atoms with Gasteiger partial charge in [0.25, 0.3) is 0 Å². The highest BCUT2D eigenvalue weighted by molar-refractivity contribution is 6.35. The molecule has 2 heteroatoms. The standard InChI is InChI=1S/C14H9ClO.C14H10/c15-12-7-3-5-10-8-9-4-1-2-6-11(9)14(16)13(10)12;1-2-6-12-10-14-8-4-3-7-13(14)9-11(12)5-1/h1-7H,8H2;1-10H. The Hall–Kier alpha value is -3.42. The molecule has 0 N–H and O–H groups in total. The van der Waals surface area contributed by atoms with E-state index in [9.17, 15) is 4.79 Å². The molecule has 5 aromatic rings. The molecule has 0 amide bonds. The maximum atomic E-state index is 12.2. The topological polar surface area (TPSA) is 17.1 Å². The minimum absolute atomic E-state index is 0.0439. The van der Waals surface area contributed by atoms with Gasteiger partial charge in [-0.25, -0.2) is 0 Å². The highest BCUT2D eigenvalue weighted by Crippen LogP contribution is 2.31. The van der Waals surface area contributed by atoms with Crippen molar-refractivity contribution < 1.29 is 4.79 Å². The fourth-order valence-electron chi connectivity index (χ4n) is 4.09. The van der Waals surface area contributed by atoms with E-state index in [4.69, 9.17) is 11.6 Å². The van der Waals surface area contributed by atoms with Crippen molar-refractivity contribution in [3.63, 3.8) is 0 Å².